The SMILES string of the molecule is CCc1ccc(NC2=CC(c3ccc4oc5ccccc5c4c3)N(c3ccc(CC)cc3)C2=O)cc1. The van der Waals surface area contributed by atoms with E-state index in [9.17, 15) is 4.79 Å². The van der Waals surface area contributed by atoms with Crippen molar-refractivity contribution in [2.24, 2.45) is 0 Å². The number of furan rings is 1. The molecule has 4 aromatic carbocycles. The number of anilines is 2. The van der Waals surface area contributed by atoms with Gasteiger partial charge in [0.1, 0.15) is 16.9 Å². The number of hydrogen-bond acceptors (Lipinski definition) is 3. The van der Waals surface area contributed by atoms with Crippen LogP contribution in [0.25, 0.3) is 21.9 Å². The molecule has 0 aliphatic carbocycles. The van der Waals surface area contributed by atoms with Crippen LogP contribution in [0.5, 0.6) is 0 Å². The molecule has 2 heterocycles. The van der Waals surface area contributed by atoms with Crippen molar-refractivity contribution in [2.45, 2.75) is 32.7 Å². The summed E-state index contributed by atoms with van der Waals surface area (Å²) in [6.45, 7) is 4.27. The fourth-order valence-corrected chi connectivity index (χ4v) is 4.98. The lowest BCUT2D eigenvalue weighted by Gasteiger charge is -2.25. The van der Waals surface area contributed by atoms with Gasteiger partial charge in [-0.1, -0.05) is 62.4 Å². The zero-order valence-electron chi connectivity index (χ0n) is 20.5. The fourth-order valence-electron chi connectivity index (χ4n) is 4.98. The summed E-state index contributed by atoms with van der Waals surface area (Å²) >= 11 is 0. The van der Waals surface area contributed by atoms with Gasteiger partial charge in [-0.3, -0.25) is 9.69 Å². The highest BCUT2D eigenvalue weighted by Gasteiger charge is 2.35. The molecule has 0 fully saturated rings. The van der Waals surface area contributed by atoms with Gasteiger partial charge in [-0.2, -0.15) is 0 Å². The number of nitrogens with one attached hydrogen (secondary N) is 1. The Hall–Kier alpha value is -4.31. The molecule has 1 N–H and O–H groups in total. The zero-order chi connectivity index (χ0) is 24.6. The predicted octanol–water partition coefficient (Wildman–Crippen LogP) is 7.79. The number of benzene rings is 4. The van der Waals surface area contributed by atoms with Gasteiger partial charge < -0.3 is 9.73 Å². The number of fused-ring (bicyclic) bond motifs is 3. The number of hydrogen-bond donors (Lipinski definition) is 1. The average Bonchev–Trinajstić information content (AvgIpc) is 3.46. The normalized spacial score (nSPS) is 15.6. The van der Waals surface area contributed by atoms with Crippen LogP contribution in [0.4, 0.5) is 11.4 Å². The molecule has 4 nitrogen and oxygen atoms in total. The van der Waals surface area contributed by atoms with E-state index in [2.05, 4.69) is 61.6 Å². The van der Waals surface area contributed by atoms with Crippen molar-refractivity contribution in [2.75, 3.05) is 10.2 Å². The Labute approximate surface area is 210 Å². The Balaban J connectivity index is 1.43. The highest BCUT2D eigenvalue weighted by atomic mass is 16.3. The first-order chi connectivity index (χ1) is 17.6. The lowest BCUT2D eigenvalue weighted by atomic mass is 10.0. The lowest BCUT2D eigenvalue weighted by molar-refractivity contribution is -0.114. The molecule has 0 radical (unpaired) electrons. The molecule has 1 amide bonds. The maximum Gasteiger partial charge on any atom is 0.275 e. The van der Waals surface area contributed by atoms with Crippen molar-refractivity contribution >= 4 is 39.2 Å². The fraction of sp³-hybridized carbons (Fsp3) is 0.156. The first kappa shape index (κ1) is 22.2. The third-order valence-electron chi connectivity index (χ3n) is 7.06. The maximum absolute atomic E-state index is 13.8. The topological polar surface area (TPSA) is 45.5 Å². The van der Waals surface area contributed by atoms with Crippen LogP contribution in [0.15, 0.2) is 107 Å². The van der Waals surface area contributed by atoms with Crippen LogP contribution in [0.1, 0.15) is 36.6 Å². The van der Waals surface area contributed by atoms with Gasteiger partial charge in [0.25, 0.3) is 5.91 Å². The van der Waals surface area contributed by atoms with E-state index in [1.54, 1.807) is 0 Å². The van der Waals surface area contributed by atoms with Crippen LogP contribution in [0.2, 0.25) is 0 Å². The summed E-state index contributed by atoms with van der Waals surface area (Å²) in [7, 11) is 0. The number of para-hydroxylation sites is 1. The van der Waals surface area contributed by atoms with Crippen molar-refractivity contribution in [3.05, 3.63) is 119 Å². The van der Waals surface area contributed by atoms with Crippen LogP contribution in [-0.4, -0.2) is 5.91 Å². The van der Waals surface area contributed by atoms with Gasteiger partial charge in [0.05, 0.1) is 6.04 Å². The molecule has 6 rings (SSSR count). The number of carbonyl (C=O) groups excluding carboxylic acids is 1. The molecule has 0 saturated heterocycles. The number of nitrogens with zero attached hydrogens (tertiary/aromatic N) is 1. The summed E-state index contributed by atoms with van der Waals surface area (Å²) in [5, 5.41) is 5.51. The molecule has 1 aliphatic heterocycles. The summed E-state index contributed by atoms with van der Waals surface area (Å²) < 4.78 is 6.04. The van der Waals surface area contributed by atoms with Crippen LogP contribution in [-0.2, 0) is 17.6 Å². The summed E-state index contributed by atoms with van der Waals surface area (Å²) in [5.74, 6) is -0.0408. The molecule has 4 heteroatoms. The Morgan fingerprint density at radius 2 is 1.44 bits per heavy atom. The molecule has 0 spiro atoms. The van der Waals surface area contributed by atoms with E-state index in [-0.39, 0.29) is 11.9 Å². The first-order valence-electron chi connectivity index (χ1n) is 12.6. The van der Waals surface area contributed by atoms with Crippen molar-refractivity contribution < 1.29 is 9.21 Å². The largest absolute Gasteiger partial charge is 0.456 e. The molecule has 0 bridgehead atoms. The van der Waals surface area contributed by atoms with E-state index < -0.39 is 0 Å². The zero-order valence-corrected chi connectivity index (χ0v) is 20.5. The van der Waals surface area contributed by atoms with E-state index in [4.69, 9.17) is 4.42 Å². The van der Waals surface area contributed by atoms with E-state index in [0.29, 0.717) is 5.70 Å². The Morgan fingerprint density at radius 1 is 0.778 bits per heavy atom. The predicted molar refractivity (Wildman–Crippen MR) is 147 cm³/mol. The highest BCUT2D eigenvalue weighted by molar-refractivity contribution is 6.11. The molecule has 1 atom stereocenters. The standard InChI is InChI=1S/C32H28N2O2/c1-3-21-9-14-24(15-10-21)33-28-20-29(34(32(28)35)25-16-11-22(4-2)12-17-25)23-13-18-31-27(19-23)26-7-5-6-8-30(26)36-31/h5-20,29,33H,3-4H2,1-2H3. The monoisotopic (exact) mass is 472 g/mol. The minimum Gasteiger partial charge on any atom is -0.456 e. The third-order valence-corrected chi connectivity index (χ3v) is 7.06. The van der Waals surface area contributed by atoms with E-state index in [0.717, 1.165) is 51.7 Å². The average molecular weight is 473 g/mol. The number of amides is 1. The van der Waals surface area contributed by atoms with Gasteiger partial charge in [-0.15, -0.1) is 0 Å². The number of rotatable bonds is 6. The summed E-state index contributed by atoms with van der Waals surface area (Å²) in [4.78, 5) is 15.7. The molecule has 1 aliphatic rings. The van der Waals surface area contributed by atoms with Crippen LogP contribution in [0.3, 0.4) is 0 Å². The number of aryl methyl sites for hydroxylation is 2. The number of carbonyl (C=O) groups is 1. The smallest absolute Gasteiger partial charge is 0.275 e. The van der Waals surface area contributed by atoms with Gasteiger partial charge in [-0.05, 0) is 78.1 Å². The van der Waals surface area contributed by atoms with Gasteiger partial charge >= 0.3 is 0 Å². The molecular weight excluding hydrogens is 444 g/mol. The van der Waals surface area contributed by atoms with Gasteiger partial charge in [-0.25, -0.2) is 0 Å². The van der Waals surface area contributed by atoms with Crippen molar-refractivity contribution in [1.29, 1.82) is 0 Å². The second-order valence-electron chi connectivity index (χ2n) is 9.25. The Morgan fingerprint density at radius 3 is 2.17 bits per heavy atom. The minimum absolute atomic E-state index is 0.0408. The molecule has 178 valence electrons. The van der Waals surface area contributed by atoms with Gasteiger partial charge in [0, 0.05) is 22.1 Å². The summed E-state index contributed by atoms with van der Waals surface area (Å²) in [6.07, 6.45) is 3.98. The minimum atomic E-state index is -0.236. The second-order valence-corrected chi connectivity index (χ2v) is 9.25. The Kier molecular flexibility index (Phi) is 5.57. The summed E-state index contributed by atoms with van der Waals surface area (Å²) in [6, 6.07) is 30.6. The quantitative estimate of drug-likeness (QED) is 0.274. The lowest BCUT2D eigenvalue weighted by Crippen LogP contribution is -2.30. The van der Waals surface area contributed by atoms with Gasteiger partial charge in [0.15, 0.2) is 0 Å². The molecule has 1 aromatic heterocycles. The molecule has 1 unspecified atom stereocenters. The van der Waals surface area contributed by atoms with Crippen molar-refractivity contribution in [3.63, 3.8) is 0 Å². The van der Waals surface area contributed by atoms with Crippen LogP contribution >= 0.6 is 0 Å². The molecule has 5 aromatic rings. The van der Waals surface area contributed by atoms with Gasteiger partial charge in [0.2, 0.25) is 0 Å². The van der Waals surface area contributed by atoms with E-state index in [1.165, 1.54) is 11.1 Å². The van der Waals surface area contributed by atoms with Crippen LogP contribution < -0.4 is 10.2 Å². The highest BCUT2D eigenvalue weighted by Crippen LogP contribution is 2.39. The Bertz CT molecular complexity index is 1590. The second kappa shape index (κ2) is 9.04. The summed E-state index contributed by atoms with van der Waals surface area (Å²) in [5.41, 5.74) is 7.65. The van der Waals surface area contributed by atoms with Crippen molar-refractivity contribution in [3.8, 4) is 0 Å². The molecule has 36 heavy (non-hydrogen) atoms. The van der Waals surface area contributed by atoms with Crippen molar-refractivity contribution in [1.82, 2.24) is 0 Å². The van der Waals surface area contributed by atoms with E-state index in [1.807, 2.05) is 59.5 Å². The third kappa shape index (κ3) is 3.85. The van der Waals surface area contributed by atoms with E-state index >= 15 is 0 Å². The molecule has 0 saturated carbocycles. The first-order valence-corrected chi connectivity index (χ1v) is 12.6. The van der Waals surface area contributed by atoms with Crippen LogP contribution in [0, 0.1) is 0 Å². The molecular formula is C32H28N2O2. The maximum atomic E-state index is 13.8.